The molecule has 274 valence electrons. The van der Waals surface area contributed by atoms with E-state index in [1.54, 1.807) is 54.9 Å². The van der Waals surface area contributed by atoms with Gasteiger partial charge in [-0.05, 0) is 76.4 Å². The lowest BCUT2D eigenvalue weighted by Gasteiger charge is -2.25. The lowest BCUT2D eigenvalue weighted by Crippen LogP contribution is -2.37. The minimum atomic E-state index is -0.922. The van der Waals surface area contributed by atoms with Gasteiger partial charge in [-0.2, -0.15) is 0 Å². The number of imidazole rings is 1. The van der Waals surface area contributed by atoms with Crippen molar-refractivity contribution in [2.24, 2.45) is 5.92 Å². The molecule has 2 aromatic carbocycles. The van der Waals surface area contributed by atoms with E-state index in [1.165, 1.54) is 7.11 Å². The maximum absolute atomic E-state index is 13.8. The molecule has 2 aliphatic heterocycles. The van der Waals surface area contributed by atoms with Gasteiger partial charge in [0.2, 0.25) is 0 Å². The number of nitrogens with one attached hydrogen (secondary N) is 2. The van der Waals surface area contributed by atoms with Crippen molar-refractivity contribution in [2.75, 3.05) is 27.1 Å². The number of nitrogens with zero attached hydrogens (tertiary/aromatic N) is 1. The highest BCUT2D eigenvalue weighted by Gasteiger charge is 2.45. The third-order valence-electron chi connectivity index (χ3n) is 8.61. The first-order valence-electron chi connectivity index (χ1n) is 17.4. The number of hydrogen-bond acceptors (Lipinski definition) is 11. The molecule has 0 bridgehead atoms. The van der Waals surface area contributed by atoms with Gasteiger partial charge in [0.05, 0.1) is 24.8 Å². The second-order valence-corrected chi connectivity index (χ2v) is 13.1. The van der Waals surface area contributed by atoms with Crippen LogP contribution in [0, 0.1) is 5.92 Å². The molecule has 12 nitrogen and oxygen atoms in total. The molecule has 2 unspecified atom stereocenters. The van der Waals surface area contributed by atoms with Crippen LogP contribution in [0.3, 0.4) is 0 Å². The Hall–Kier alpha value is -4.49. The lowest BCUT2D eigenvalue weighted by molar-refractivity contribution is -0.152. The SMILES string of the molecule is COCOc1cc(OCCCCNCc2ncc[nH]2)cc2c1C(=O)O[C@@H](C)[C@H](C)/C=C\C(OC(=O)c1ccccc1)C1OC(C)(C)O[C@H]1CC=C2. The standard InChI is InChI=1S/C39H49N3O9/c1-26-16-17-31(49-37(43)28-12-7-6-8-13-28)36-32(50-39(3,4)51-36)15-11-14-29-22-30(46-21-10-9-18-40-24-34-41-19-20-42-34)23-33(47-25-45-5)35(29)38(44)48-27(26)2/h6-8,11-14,16-17,19-20,22-23,26-27,31-32,36,40H,9-10,15,18,21,24-25H2,1-5H3,(H,41,42)/b14-11?,17-16-/t26-,27+,31?,32+,36?/m1/s1. The molecule has 0 spiro atoms. The summed E-state index contributed by atoms with van der Waals surface area (Å²) < 4.78 is 42.0. The number of hydrogen-bond donors (Lipinski definition) is 2. The lowest BCUT2D eigenvalue weighted by atomic mass is 9.98. The number of esters is 2. The molecule has 1 saturated heterocycles. The van der Waals surface area contributed by atoms with E-state index >= 15 is 0 Å². The molecule has 3 aromatic rings. The van der Waals surface area contributed by atoms with Crippen LogP contribution in [0.5, 0.6) is 11.5 Å². The van der Waals surface area contributed by atoms with Crippen LogP contribution in [0.1, 0.15) is 79.1 Å². The van der Waals surface area contributed by atoms with Crippen molar-refractivity contribution in [3.05, 3.63) is 95.6 Å². The van der Waals surface area contributed by atoms with Gasteiger partial charge in [0, 0.05) is 31.5 Å². The molecule has 2 aliphatic rings. The van der Waals surface area contributed by atoms with E-state index in [9.17, 15) is 9.59 Å². The summed E-state index contributed by atoms with van der Waals surface area (Å²) in [5.74, 6) is -0.476. The molecule has 0 amide bonds. The van der Waals surface area contributed by atoms with Crippen molar-refractivity contribution in [3.8, 4) is 11.5 Å². The van der Waals surface area contributed by atoms with E-state index in [4.69, 9.17) is 33.2 Å². The predicted octanol–water partition coefficient (Wildman–Crippen LogP) is 6.24. The third-order valence-corrected chi connectivity index (χ3v) is 8.61. The molecule has 1 fully saturated rings. The van der Waals surface area contributed by atoms with Crippen LogP contribution < -0.4 is 14.8 Å². The second-order valence-electron chi connectivity index (χ2n) is 13.1. The van der Waals surface area contributed by atoms with Crippen molar-refractivity contribution in [1.29, 1.82) is 0 Å². The molecular weight excluding hydrogens is 654 g/mol. The van der Waals surface area contributed by atoms with Gasteiger partial charge in [0.25, 0.3) is 0 Å². The first-order valence-corrected chi connectivity index (χ1v) is 17.4. The van der Waals surface area contributed by atoms with Crippen LogP contribution >= 0.6 is 0 Å². The molecule has 12 heteroatoms. The maximum atomic E-state index is 13.8. The van der Waals surface area contributed by atoms with Gasteiger partial charge in [-0.3, -0.25) is 0 Å². The van der Waals surface area contributed by atoms with Crippen molar-refractivity contribution in [1.82, 2.24) is 15.3 Å². The summed E-state index contributed by atoms with van der Waals surface area (Å²) in [7, 11) is 1.51. The van der Waals surface area contributed by atoms with E-state index in [0.29, 0.717) is 36.4 Å². The molecule has 2 N–H and O–H groups in total. The van der Waals surface area contributed by atoms with Crippen LogP contribution in [0.25, 0.3) is 6.08 Å². The number of rotatable bonds is 13. The Labute approximate surface area is 299 Å². The number of ether oxygens (including phenoxy) is 7. The molecule has 5 atom stereocenters. The van der Waals surface area contributed by atoms with E-state index in [-0.39, 0.29) is 24.0 Å². The fourth-order valence-electron chi connectivity index (χ4n) is 5.83. The monoisotopic (exact) mass is 703 g/mol. The number of carbonyl (C=O) groups excluding carboxylic acids is 2. The molecule has 0 saturated carbocycles. The average Bonchev–Trinajstić information content (AvgIpc) is 3.75. The van der Waals surface area contributed by atoms with E-state index in [1.807, 2.05) is 52.0 Å². The molecule has 51 heavy (non-hydrogen) atoms. The van der Waals surface area contributed by atoms with Crippen LogP contribution in [0.4, 0.5) is 0 Å². The van der Waals surface area contributed by atoms with Crippen molar-refractivity contribution in [2.45, 2.75) is 83.7 Å². The number of unbranched alkanes of at least 4 members (excludes halogenated alkanes) is 1. The first-order chi connectivity index (χ1) is 24.6. The topological polar surface area (TPSA) is 139 Å². The zero-order chi connectivity index (χ0) is 36.2. The number of aromatic amines is 1. The number of methoxy groups -OCH3 is 1. The highest BCUT2D eigenvalue weighted by molar-refractivity contribution is 5.97. The Morgan fingerprint density at radius 3 is 2.67 bits per heavy atom. The Kier molecular flexibility index (Phi) is 13.4. The fraction of sp³-hybridized carbons (Fsp3) is 0.462. The average molecular weight is 704 g/mol. The molecule has 1 aromatic heterocycles. The quantitative estimate of drug-likeness (QED) is 0.0905. The smallest absolute Gasteiger partial charge is 0.342 e. The molecular formula is C39H49N3O9. The summed E-state index contributed by atoms with van der Waals surface area (Å²) in [4.78, 5) is 34.3. The number of benzene rings is 2. The van der Waals surface area contributed by atoms with Gasteiger partial charge in [0.1, 0.15) is 41.2 Å². The number of cyclic esters (lactones) is 1. The van der Waals surface area contributed by atoms with E-state index in [2.05, 4.69) is 15.3 Å². The Bertz CT molecular complexity index is 1620. The Morgan fingerprint density at radius 1 is 1.08 bits per heavy atom. The molecule has 5 rings (SSSR count). The summed E-state index contributed by atoms with van der Waals surface area (Å²) in [5, 5.41) is 3.36. The summed E-state index contributed by atoms with van der Waals surface area (Å²) in [6, 6.07) is 12.3. The van der Waals surface area contributed by atoms with Crippen LogP contribution in [0.15, 0.2) is 73.1 Å². The number of H-pyrrole nitrogens is 1. The summed E-state index contributed by atoms with van der Waals surface area (Å²) in [6.45, 7) is 9.29. The Morgan fingerprint density at radius 2 is 1.90 bits per heavy atom. The summed E-state index contributed by atoms with van der Waals surface area (Å²) in [6.07, 6.45) is 10.7. The van der Waals surface area contributed by atoms with Gasteiger partial charge in [-0.15, -0.1) is 0 Å². The maximum Gasteiger partial charge on any atom is 0.342 e. The van der Waals surface area contributed by atoms with Crippen molar-refractivity contribution in [3.63, 3.8) is 0 Å². The fourth-order valence-corrected chi connectivity index (χ4v) is 5.83. The molecule has 3 heterocycles. The third kappa shape index (κ3) is 10.8. The number of fused-ring (bicyclic) bond motifs is 2. The minimum absolute atomic E-state index is 0.0734. The zero-order valence-corrected chi connectivity index (χ0v) is 30.0. The zero-order valence-electron chi connectivity index (χ0n) is 30.0. The number of carbonyl (C=O) groups is 2. The first kappa shape index (κ1) is 37.8. The van der Waals surface area contributed by atoms with Crippen LogP contribution in [-0.4, -0.2) is 79.2 Å². The van der Waals surface area contributed by atoms with E-state index in [0.717, 1.165) is 25.2 Å². The van der Waals surface area contributed by atoms with Crippen molar-refractivity contribution >= 4 is 18.0 Å². The summed E-state index contributed by atoms with van der Waals surface area (Å²) >= 11 is 0. The molecule has 0 aliphatic carbocycles. The highest BCUT2D eigenvalue weighted by Crippen LogP contribution is 2.36. The van der Waals surface area contributed by atoms with Gasteiger partial charge in [-0.25, -0.2) is 14.6 Å². The van der Waals surface area contributed by atoms with E-state index < -0.39 is 42.1 Å². The second kappa shape index (κ2) is 18.1. The van der Waals surface area contributed by atoms with Crippen molar-refractivity contribution < 1.29 is 42.7 Å². The van der Waals surface area contributed by atoms with Crippen LogP contribution in [0.2, 0.25) is 0 Å². The van der Waals surface area contributed by atoms with Gasteiger partial charge >= 0.3 is 11.9 Å². The number of aromatic nitrogens is 2. The molecule has 0 radical (unpaired) electrons. The summed E-state index contributed by atoms with van der Waals surface area (Å²) in [5.41, 5.74) is 1.24. The minimum Gasteiger partial charge on any atom is -0.493 e. The van der Waals surface area contributed by atoms with Gasteiger partial charge in [-0.1, -0.05) is 43.4 Å². The van der Waals surface area contributed by atoms with Gasteiger partial charge in [0.15, 0.2) is 12.6 Å². The Balaban J connectivity index is 1.38. The largest absolute Gasteiger partial charge is 0.493 e. The predicted molar refractivity (Wildman–Crippen MR) is 190 cm³/mol. The van der Waals surface area contributed by atoms with Gasteiger partial charge < -0.3 is 43.5 Å². The normalized spacial score (nSPS) is 23.7. The van der Waals surface area contributed by atoms with Crippen LogP contribution in [-0.2, 0) is 30.2 Å². The highest BCUT2D eigenvalue weighted by atomic mass is 16.8.